The van der Waals surface area contributed by atoms with Crippen LogP contribution in [0.3, 0.4) is 0 Å². The number of hydrogen-bond donors (Lipinski definition) is 3. The minimum absolute atomic E-state index is 0.109. The molecule has 2 saturated carbocycles. The number of amides is 2. The second-order valence-electron chi connectivity index (χ2n) is 24.4. The quantitative estimate of drug-likeness (QED) is 0.118. The van der Waals surface area contributed by atoms with Crippen molar-refractivity contribution in [3.63, 3.8) is 0 Å². The first kappa shape index (κ1) is 56.1. The molecule has 418 valence electrons. The molecule has 1 spiro atoms. The van der Waals surface area contributed by atoms with Gasteiger partial charge in [-0.05, 0) is 136 Å². The number of allylic oxidation sites excluding steroid dienone is 1. The molecule has 78 heavy (non-hydrogen) atoms. The number of halogens is 3. The number of hydrogen-bond acceptors (Lipinski definition) is 10. The lowest BCUT2D eigenvalue weighted by atomic mass is 9.69. The maximum Gasteiger partial charge on any atom is 0.282 e. The van der Waals surface area contributed by atoms with E-state index in [1.54, 1.807) is 22.3 Å². The van der Waals surface area contributed by atoms with E-state index >= 15 is 0 Å². The Kier molecular flexibility index (Phi) is 16.9. The van der Waals surface area contributed by atoms with Gasteiger partial charge in [-0.3, -0.25) is 19.0 Å². The number of piperidine rings is 2. The summed E-state index contributed by atoms with van der Waals surface area (Å²) < 4.78 is 30.2. The van der Waals surface area contributed by atoms with E-state index in [1.807, 2.05) is 80.7 Å². The first-order chi connectivity index (χ1) is 37.4. The molecule has 3 aromatic carbocycles. The van der Waals surface area contributed by atoms with Gasteiger partial charge < -0.3 is 31.1 Å². The summed E-state index contributed by atoms with van der Waals surface area (Å²) >= 11 is 8.06. The fourth-order valence-corrected chi connectivity index (χ4v) is 14.5. The average Bonchev–Trinajstić information content (AvgIpc) is 3.74. The maximum absolute atomic E-state index is 14.1. The van der Waals surface area contributed by atoms with Crippen LogP contribution >= 0.6 is 22.9 Å². The van der Waals surface area contributed by atoms with E-state index in [2.05, 4.69) is 50.3 Å². The smallest absolute Gasteiger partial charge is 0.282 e. The number of alkyl halides is 2. The molecule has 2 amide bonds. The highest BCUT2D eigenvalue weighted by molar-refractivity contribution is 7.13. The monoisotopic (exact) mass is 1100 g/mol. The number of benzene rings is 3. The minimum atomic E-state index is -2.65. The van der Waals surface area contributed by atoms with Gasteiger partial charge in [0, 0.05) is 50.9 Å². The largest absolute Gasteiger partial charge is 0.401 e. The normalized spacial score (nSPS) is 21.9. The number of nitrogens with one attached hydrogen (secondary N) is 2. The van der Waals surface area contributed by atoms with Gasteiger partial charge in [0.05, 0.1) is 49.2 Å². The van der Waals surface area contributed by atoms with Gasteiger partial charge in [-0.1, -0.05) is 113 Å². The third-order valence-electron chi connectivity index (χ3n) is 18.1. The number of aryl methyl sites for hydroxylation is 1. The lowest BCUT2D eigenvalue weighted by Gasteiger charge is -2.37. The summed E-state index contributed by atoms with van der Waals surface area (Å²) in [5.41, 5.74) is 16.1. The van der Waals surface area contributed by atoms with Gasteiger partial charge in [0.1, 0.15) is 17.9 Å². The van der Waals surface area contributed by atoms with Crippen LogP contribution in [0, 0.1) is 18.3 Å². The zero-order chi connectivity index (χ0) is 54.9. The van der Waals surface area contributed by atoms with Crippen molar-refractivity contribution in [3.8, 4) is 16.1 Å². The van der Waals surface area contributed by atoms with E-state index < -0.39 is 29.5 Å². The van der Waals surface area contributed by atoms with E-state index in [-0.39, 0.29) is 48.7 Å². The number of fused-ring (bicyclic) bond motifs is 7. The predicted molar refractivity (Wildman–Crippen MR) is 309 cm³/mol. The fraction of sp³-hybridized carbons (Fsp3) is 0.565. The van der Waals surface area contributed by atoms with Crippen LogP contribution in [0.15, 0.2) is 82.9 Å². The van der Waals surface area contributed by atoms with Crippen LogP contribution in [0.4, 0.5) is 8.78 Å². The van der Waals surface area contributed by atoms with Crippen molar-refractivity contribution in [3.05, 3.63) is 122 Å². The number of likely N-dealkylation sites (tertiary alicyclic amines) is 3. The molecule has 0 bridgehead atoms. The molecule has 3 saturated heterocycles. The first-order valence-electron chi connectivity index (χ1n) is 28.9. The molecule has 4 N–H and O–H groups in total. The van der Waals surface area contributed by atoms with Crippen LogP contribution in [0.25, 0.3) is 27.0 Å². The van der Waals surface area contributed by atoms with Gasteiger partial charge in [0.25, 0.3) is 11.5 Å². The van der Waals surface area contributed by atoms with Crippen molar-refractivity contribution in [2.45, 2.75) is 166 Å². The Balaban J connectivity index is 0.000000191. The summed E-state index contributed by atoms with van der Waals surface area (Å²) in [5.74, 6) is -1.11. The molecule has 5 aromatic rings. The van der Waals surface area contributed by atoms with E-state index in [1.165, 1.54) is 68.2 Å². The van der Waals surface area contributed by atoms with Crippen molar-refractivity contribution in [1.29, 1.82) is 0 Å². The van der Waals surface area contributed by atoms with Crippen LogP contribution in [0.5, 0.6) is 0 Å². The van der Waals surface area contributed by atoms with Crippen LogP contribution < -0.4 is 21.9 Å². The Morgan fingerprint density at radius 1 is 0.885 bits per heavy atom. The van der Waals surface area contributed by atoms with E-state index in [0.717, 1.165) is 83.9 Å². The summed E-state index contributed by atoms with van der Waals surface area (Å²) in [6, 6.07) is 19.3. The number of carbonyl (C=O) groups is 2. The van der Waals surface area contributed by atoms with Crippen molar-refractivity contribution in [1.82, 2.24) is 39.9 Å². The highest BCUT2D eigenvalue weighted by atomic mass is 35.5. The van der Waals surface area contributed by atoms with E-state index in [0.29, 0.717) is 41.8 Å². The molecule has 2 aromatic heterocycles. The molecule has 2 aliphatic carbocycles. The van der Waals surface area contributed by atoms with Crippen LogP contribution in [-0.2, 0) is 15.0 Å². The molecule has 3 unspecified atom stereocenters. The van der Waals surface area contributed by atoms with Gasteiger partial charge >= 0.3 is 0 Å². The standard InChI is InChI=1S/C36H52F2N6O2S.C26H28ClN3O/c1-24-31(47-23-41-24)27-14-12-26(13-15-27)29(22-43-19-16-36(37,38)17-20-43)42-33(45)30-11-8-18-44(30)34(46)32(35(2,3)4)40-21-28(39)25-9-6-5-7-10-25;1-29-14-10-17(11-15-29)18-8-9-19-22(16-18)30-21-7-5-6-20(27)23(21)24(31)28-25(30)26(19)12-3-2-4-13-26/h12-15,21,23,25,29-30,32,40H,5-11,16-20,22,39H2,1-4H3,(H,42,45);5-9,16-17H,2-4,10-15H2,1H3/b28-21-;. The molecule has 5 fully saturated rings. The van der Waals surface area contributed by atoms with Gasteiger partial charge in [-0.2, -0.15) is 4.98 Å². The Labute approximate surface area is 468 Å². The van der Waals surface area contributed by atoms with E-state index in [4.69, 9.17) is 22.3 Å². The van der Waals surface area contributed by atoms with Gasteiger partial charge in [0.15, 0.2) is 0 Å². The first-order valence-corrected chi connectivity index (χ1v) is 30.1. The third-order valence-corrected chi connectivity index (χ3v) is 19.4. The number of thiazole rings is 1. The summed E-state index contributed by atoms with van der Waals surface area (Å²) in [6.45, 7) is 11.8. The number of carbonyl (C=O) groups excluding carboxylic acids is 2. The summed E-state index contributed by atoms with van der Waals surface area (Å²) in [7, 11) is 2.21. The van der Waals surface area contributed by atoms with Gasteiger partial charge in [0.2, 0.25) is 11.8 Å². The van der Waals surface area contributed by atoms with Crippen molar-refractivity contribution >= 4 is 45.7 Å². The molecule has 3 atom stereocenters. The Hall–Kier alpha value is -5.22. The number of nitrogens with two attached hydrogens (primary N) is 1. The molecule has 12 nitrogen and oxygen atoms in total. The summed E-state index contributed by atoms with van der Waals surface area (Å²) in [6.07, 6.45) is 16.6. The predicted octanol–water partition coefficient (Wildman–Crippen LogP) is 11.8. The molecule has 4 aliphatic heterocycles. The van der Waals surface area contributed by atoms with Crippen LogP contribution in [-0.4, -0.2) is 105 Å². The molecule has 0 radical (unpaired) electrons. The fourth-order valence-electron chi connectivity index (χ4n) is 13.5. The molecule has 6 heterocycles. The molecule has 16 heteroatoms. The van der Waals surface area contributed by atoms with Crippen molar-refractivity contribution in [2.24, 2.45) is 17.1 Å². The second-order valence-corrected chi connectivity index (χ2v) is 25.7. The zero-order valence-electron chi connectivity index (χ0n) is 46.4. The molecular weight excluding hydrogens is 1020 g/mol. The van der Waals surface area contributed by atoms with Gasteiger partial charge in [-0.25, -0.2) is 13.8 Å². The lowest BCUT2D eigenvalue weighted by Crippen LogP contribution is -2.56. The zero-order valence-corrected chi connectivity index (χ0v) is 48.0. The second kappa shape index (κ2) is 23.5. The van der Waals surface area contributed by atoms with Crippen LogP contribution in [0.2, 0.25) is 5.02 Å². The average molecular weight is 1100 g/mol. The summed E-state index contributed by atoms with van der Waals surface area (Å²) in [4.78, 5) is 57.5. The Morgan fingerprint density at radius 3 is 2.27 bits per heavy atom. The highest BCUT2D eigenvalue weighted by Gasteiger charge is 2.47. The van der Waals surface area contributed by atoms with Crippen molar-refractivity contribution in [2.75, 3.05) is 46.3 Å². The minimum Gasteiger partial charge on any atom is -0.401 e. The topological polar surface area (TPSA) is 142 Å². The van der Waals surface area contributed by atoms with E-state index in [9.17, 15) is 23.2 Å². The van der Waals surface area contributed by atoms with Crippen LogP contribution in [0.1, 0.15) is 164 Å². The van der Waals surface area contributed by atoms with Crippen molar-refractivity contribution < 1.29 is 18.4 Å². The molecule has 6 aliphatic rings. The number of nitrogens with zero attached hydrogens (tertiary/aromatic N) is 6. The Morgan fingerprint density at radius 2 is 1.59 bits per heavy atom. The van der Waals surface area contributed by atoms with Gasteiger partial charge in [-0.15, -0.1) is 11.3 Å². The highest BCUT2D eigenvalue weighted by Crippen LogP contribution is 2.52. The third kappa shape index (κ3) is 11.8. The molecule has 11 rings (SSSR count). The summed E-state index contributed by atoms with van der Waals surface area (Å²) in [5, 5.41) is 7.63. The Bertz CT molecular complexity index is 3030. The SMILES string of the molecule is CN1CCC(c2ccc3c(c2)-n2c(nc(=O)c4c(Cl)cccc42)C32CCCCC2)CC1.Cc1ncsc1-c1ccc(C(CN2CCC(F)(F)CC2)NC(=O)C2CCCN2C(=O)C(N/C=C(\N)C2CCCCC2)C(C)(C)C)cc1. The molecular formula is C62H80ClF2N9O3S. The maximum atomic E-state index is 14.1. The number of aromatic nitrogens is 3. The number of rotatable bonds is 11. The lowest BCUT2D eigenvalue weighted by molar-refractivity contribution is -0.142.